The predicted octanol–water partition coefficient (Wildman–Crippen LogP) is -0.417. The molecule has 4 heteroatoms. The molecule has 12 heavy (non-hydrogen) atoms. The van der Waals surface area contributed by atoms with Gasteiger partial charge in [0.1, 0.15) is 6.61 Å². The van der Waals surface area contributed by atoms with Gasteiger partial charge in [-0.25, -0.2) is 0 Å². The molecule has 1 heterocycles. The molecule has 0 saturated carbocycles. The summed E-state index contributed by atoms with van der Waals surface area (Å²) in [5.41, 5.74) is 5.66. The highest BCUT2D eigenvalue weighted by atomic mass is 16.5. The van der Waals surface area contributed by atoms with Gasteiger partial charge < -0.3 is 15.4 Å². The van der Waals surface area contributed by atoms with Gasteiger partial charge in [0.15, 0.2) is 0 Å². The average molecular weight is 172 g/mol. The van der Waals surface area contributed by atoms with Gasteiger partial charge in [-0.05, 0) is 13.3 Å². The van der Waals surface area contributed by atoms with Crippen LogP contribution in [0.3, 0.4) is 0 Å². The maximum atomic E-state index is 11.3. The fraction of sp³-hybridized carbons (Fsp3) is 0.875. The number of carbonyl (C=O) groups is 1. The molecule has 1 unspecified atom stereocenters. The molecule has 0 spiro atoms. The molecule has 4 nitrogen and oxygen atoms in total. The van der Waals surface area contributed by atoms with Crippen LogP contribution >= 0.6 is 0 Å². The van der Waals surface area contributed by atoms with E-state index in [9.17, 15) is 4.79 Å². The van der Waals surface area contributed by atoms with Gasteiger partial charge >= 0.3 is 0 Å². The van der Waals surface area contributed by atoms with Crippen LogP contribution in [-0.2, 0) is 9.53 Å². The zero-order valence-electron chi connectivity index (χ0n) is 7.45. The summed E-state index contributed by atoms with van der Waals surface area (Å²) in [6.45, 7) is 4.14. The standard InChI is InChI=1S/C8H16N2O2/c1-2-12-6-8(11)10-4-3-7(9)5-10/h7H,2-6,9H2,1H3. The van der Waals surface area contributed by atoms with Gasteiger partial charge in [-0.2, -0.15) is 0 Å². The first-order valence-corrected chi connectivity index (χ1v) is 4.35. The van der Waals surface area contributed by atoms with Crippen LogP contribution in [0, 0.1) is 0 Å². The van der Waals surface area contributed by atoms with E-state index in [-0.39, 0.29) is 18.6 Å². The van der Waals surface area contributed by atoms with Crippen molar-refractivity contribution in [2.45, 2.75) is 19.4 Å². The summed E-state index contributed by atoms with van der Waals surface area (Å²) in [4.78, 5) is 13.1. The molecule has 1 saturated heterocycles. The summed E-state index contributed by atoms with van der Waals surface area (Å²) >= 11 is 0. The zero-order valence-corrected chi connectivity index (χ0v) is 7.45. The van der Waals surface area contributed by atoms with Gasteiger partial charge in [0.05, 0.1) is 0 Å². The van der Waals surface area contributed by atoms with Crippen molar-refractivity contribution in [3.63, 3.8) is 0 Å². The average Bonchev–Trinajstić information content (AvgIpc) is 2.47. The Balaban J connectivity index is 2.23. The van der Waals surface area contributed by atoms with E-state index in [1.807, 2.05) is 6.92 Å². The van der Waals surface area contributed by atoms with E-state index in [0.717, 1.165) is 13.0 Å². The summed E-state index contributed by atoms with van der Waals surface area (Å²) in [6.07, 6.45) is 0.915. The molecular formula is C8H16N2O2. The van der Waals surface area contributed by atoms with Crippen molar-refractivity contribution in [3.05, 3.63) is 0 Å². The summed E-state index contributed by atoms with van der Waals surface area (Å²) in [5, 5.41) is 0. The third-order valence-corrected chi connectivity index (χ3v) is 2.01. The van der Waals surface area contributed by atoms with E-state index in [4.69, 9.17) is 10.5 Å². The molecule has 1 atom stereocenters. The van der Waals surface area contributed by atoms with Gasteiger partial charge in [0.2, 0.25) is 5.91 Å². The number of likely N-dealkylation sites (tertiary alicyclic amines) is 1. The second-order valence-electron chi connectivity index (χ2n) is 3.03. The predicted molar refractivity (Wildman–Crippen MR) is 45.7 cm³/mol. The first-order chi connectivity index (χ1) is 5.74. The van der Waals surface area contributed by atoms with E-state index < -0.39 is 0 Å². The van der Waals surface area contributed by atoms with Gasteiger partial charge in [-0.1, -0.05) is 0 Å². The van der Waals surface area contributed by atoms with E-state index in [1.165, 1.54) is 0 Å². The van der Waals surface area contributed by atoms with E-state index in [0.29, 0.717) is 13.2 Å². The van der Waals surface area contributed by atoms with Crippen LogP contribution in [0.4, 0.5) is 0 Å². The second-order valence-corrected chi connectivity index (χ2v) is 3.03. The fourth-order valence-electron chi connectivity index (χ4n) is 1.29. The highest BCUT2D eigenvalue weighted by Gasteiger charge is 2.22. The normalized spacial score (nSPS) is 23.2. The molecule has 1 rings (SSSR count). The molecule has 1 fully saturated rings. The lowest BCUT2D eigenvalue weighted by atomic mass is 10.3. The lowest BCUT2D eigenvalue weighted by Gasteiger charge is -2.14. The molecule has 0 aromatic carbocycles. The molecule has 0 aromatic heterocycles. The molecule has 1 aliphatic heterocycles. The van der Waals surface area contributed by atoms with Crippen LogP contribution in [-0.4, -0.2) is 43.2 Å². The number of hydrogen-bond donors (Lipinski definition) is 1. The van der Waals surface area contributed by atoms with Crippen LogP contribution in [0.1, 0.15) is 13.3 Å². The first-order valence-electron chi connectivity index (χ1n) is 4.35. The number of carbonyl (C=O) groups excluding carboxylic acids is 1. The maximum Gasteiger partial charge on any atom is 0.248 e. The fourth-order valence-corrected chi connectivity index (χ4v) is 1.29. The van der Waals surface area contributed by atoms with Gasteiger partial charge in [0, 0.05) is 25.7 Å². The van der Waals surface area contributed by atoms with Crippen molar-refractivity contribution in [3.8, 4) is 0 Å². The SMILES string of the molecule is CCOCC(=O)N1CCC(N)C1. The van der Waals surface area contributed by atoms with Crippen molar-refractivity contribution in [1.29, 1.82) is 0 Å². The van der Waals surface area contributed by atoms with E-state index in [2.05, 4.69) is 0 Å². The highest BCUT2D eigenvalue weighted by molar-refractivity contribution is 5.77. The van der Waals surface area contributed by atoms with Crippen LogP contribution in [0.25, 0.3) is 0 Å². The van der Waals surface area contributed by atoms with Crippen LogP contribution in [0.2, 0.25) is 0 Å². The Morgan fingerprint density at radius 2 is 2.50 bits per heavy atom. The van der Waals surface area contributed by atoms with Crippen LogP contribution < -0.4 is 5.73 Å². The lowest BCUT2D eigenvalue weighted by molar-refractivity contribution is -0.134. The smallest absolute Gasteiger partial charge is 0.248 e. The number of rotatable bonds is 3. The summed E-state index contributed by atoms with van der Waals surface area (Å²) in [7, 11) is 0. The van der Waals surface area contributed by atoms with Crippen molar-refractivity contribution in [2.75, 3.05) is 26.3 Å². The number of amides is 1. The Kier molecular flexibility index (Phi) is 3.49. The van der Waals surface area contributed by atoms with Crippen molar-refractivity contribution in [2.24, 2.45) is 5.73 Å². The Bertz CT molecular complexity index is 161. The van der Waals surface area contributed by atoms with Gasteiger partial charge in [0.25, 0.3) is 0 Å². The third-order valence-electron chi connectivity index (χ3n) is 2.01. The largest absolute Gasteiger partial charge is 0.372 e. The summed E-state index contributed by atoms with van der Waals surface area (Å²) in [6, 6.07) is 0.163. The first kappa shape index (κ1) is 9.48. The number of ether oxygens (including phenoxy) is 1. The number of nitrogens with two attached hydrogens (primary N) is 1. The van der Waals surface area contributed by atoms with Gasteiger partial charge in [-0.3, -0.25) is 4.79 Å². The topological polar surface area (TPSA) is 55.6 Å². The Hall–Kier alpha value is -0.610. The monoisotopic (exact) mass is 172 g/mol. The molecule has 0 radical (unpaired) electrons. The quantitative estimate of drug-likeness (QED) is 0.629. The maximum absolute atomic E-state index is 11.3. The summed E-state index contributed by atoms with van der Waals surface area (Å²) in [5.74, 6) is 0.0600. The molecule has 0 bridgehead atoms. The molecule has 0 aliphatic carbocycles. The third kappa shape index (κ3) is 2.46. The molecule has 1 amide bonds. The van der Waals surface area contributed by atoms with Crippen molar-refractivity contribution >= 4 is 5.91 Å². The van der Waals surface area contributed by atoms with Crippen molar-refractivity contribution in [1.82, 2.24) is 4.90 Å². The molecule has 0 aromatic rings. The number of hydrogen-bond acceptors (Lipinski definition) is 3. The Morgan fingerprint density at radius 1 is 1.75 bits per heavy atom. The molecule has 70 valence electrons. The van der Waals surface area contributed by atoms with Crippen LogP contribution in [0.5, 0.6) is 0 Å². The number of nitrogens with zero attached hydrogens (tertiary/aromatic N) is 1. The lowest BCUT2D eigenvalue weighted by Crippen LogP contribution is -2.34. The minimum atomic E-state index is 0.0600. The summed E-state index contributed by atoms with van der Waals surface area (Å²) < 4.78 is 5.01. The van der Waals surface area contributed by atoms with Crippen molar-refractivity contribution < 1.29 is 9.53 Å². The van der Waals surface area contributed by atoms with Crippen LogP contribution in [0.15, 0.2) is 0 Å². The Morgan fingerprint density at radius 3 is 3.00 bits per heavy atom. The minimum Gasteiger partial charge on any atom is -0.372 e. The Labute approximate surface area is 72.7 Å². The van der Waals surface area contributed by atoms with Gasteiger partial charge in [-0.15, -0.1) is 0 Å². The van der Waals surface area contributed by atoms with E-state index >= 15 is 0 Å². The molecule has 2 N–H and O–H groups in total. The molecule has 1 aliphatic rings. The minimum absolute atomic E-state index is 0.0600. The molecular weight excluding hydrogens is 156 g/mol. The highest BCUT2D eigenvalue weighted by Crippen LogP contribution is 2.06. The second kappa shape index (κ2) is 4.42. The van der Waals surface area contributed by atoms with E-state index in [1.54, 1.807) is 4.90 Å². The zero-order chi connectivity index (χ0) is 8.97.